The van der Waals surface area contributed by atoms with Crippen molar-refractivity contribution in [3.8, 4) is 0 Å². The van der Waals surface area contributed by atoms with Crippen molar-refractivity contribution in [2.75, 3.05) is 0 Å². The number of hydrogen-bond donors (Lipinski definition) is 0. The summed E-state index contributed by atoms with van der Waals surface area (Å²) in [4.78, 5) is 0. The summed E-state index contributed by atoms with van der Waals surface area (Å²) in [5, 5.41) is 8.51. The Morgan fingerprint density at radius 2 is 0.757 bits per heavy atom. The Morgan fingerprint density at radius 1 is 0.405 bits per heavy atom. The Bertz CT molecular complexity index is 1220. The maximum Gasteiger partial charge on any atom is 0 e. The van der Waals surface area contributed by atoms with E-state index in [1.807, 2.05) is 30.3 Å². The SMILES string of the molecule is [Ti].[cH-]1[cH-][cH-][cH-][cH-]1.c1ccc(P(c2ccccc2)c2ccc[c-]2P(c2ccccc2)c2ccccc2)cc1. The molecule has 0 nitrogen and oxygen atoms in total. The van der Waals surface area contributed by atoms with Crippen LogP contribution in [-0.2, 0) is 21.7 Å². The molecule has 0 bridgehead atoms. The molecule has 0 saturated heterocycles. The van der Waals surface area contributed by atoms with Crippen LogP contribution in [0.15, 0.2) is 170 Å². The standard InChI is InChI=1S/C29H23P2.C5H5.Ti/c1-5-14-24(15-6-1)30(25-16-7-2-8-17-25)28-22-13-23-29(28)31(26-18-9-3-10-19-26)27-20-11-4-12-21-27;1-2-4-5-3-1;/h1-23H;1-5H;/q-1;-5;. The molecule has 0 spiro atoms. The minimum atomic E-state index is -0.627. The van der Waals surface area contributed by atoms with Gasteiger partial charge in [-0.25, -0.2) is 12.1 Å². The van der Waals surface area contributed by atoms with Gasteiger partial charge in [-0.3, -0.25) is 0 Å². The van der Waals surface area contributed by atoms with Crippen molar-refractivity contribution in [1.82, 2.24) is 0 Å². The molecule has 0 heterocycles. The Kier molecular flexibility index (Phi) is 10.4. The quantitative estimate of drug-likeness (QED) is 0.130. The summed E-state index contributed by atoms with van der Waals surface area (Å²) in [6.45, 7) is 0. The summed E-state index contributed by atoms with van der Waals surface area (Å²) in [6.07, 6.45) is 0. The van der Waals surface area contributed by atoms with E-state index < -0.39 is 15.8 Å². The zero-order valence-electron chi connectivity index (χ0n) is 20.6. The average molecular weight is 546 g/mol. The molecule has 184 valence electrons. The molecule has 37 heavy (non-hydrogen) atoms. The van der Waals surface area contributed by atoms with Crippen LogP contribution in [0.3, 0.4) is 0 Å². The summed E-state index contributed by atoms with van der Waals surface area (Å²) in [7, 11) is -1.25. The van der Waals surface area contributed by atoms with Gasteiger partial charge >= 0.3 is 0 Å². The Labute approximate surface area is 238 Å². The van der Waals surface area contributed by atoms with E-state index in [0.29, 0.717) is 0 Å². The molecule has 0 N–H and O–H groups in total. The van der Waals surface area contributed by atoms with Gasteiger partial charge in [0.2, 0.25) is 0 Å². The molecule has 0 fully saturated rings. The number of rotatable bonds is 6. The molecule has 6 aromatic rings. The van der Waals surface area contributed by atoms with Gasteiger partial charge in [-0.1, -0.05) is 129 Å². The first-order chi connectivity index (χ1) is 17.9. The predicted octanol–water partition coefficient (Wildman–Crippen LogP) is 6.32. The Balaban J connectivity index is 0.000000479. The number of benzene rings is 4. The summed E-state index contributed by atoms with van der Waals surface area (Å²) in [6, 6.07) is 60.9. The molecule has 3 heteroatoms. The van der Waals surface area contributed by atoms with Crippen LogP contribution >= 0.6 is 15.8 Å². The van der Waals surface area contributed by atoms with Crippen molar-refractivity contribution in [3.63, 3.8) is 0 Å². The molecule has 0 aromatic heterocycles. The van der Waals surface area contributed by atoms with E-state index in [1.54, 1.807) is 0 Å². The monoisotopic (exact) mass is 546 g/mol. The first-order valence-corrected chi connectivity index (χ1v) is 14.8. The van der Waals surface area contributed by atoms with Gasteiger partial charge in [-0.05, 0) is 29.1 Å². The molecule has 0 unspecified atom stereocenters. The third-order valence-electron chi connectivity index (χ3n) is 5.87. The van der Waals surface area contributed by atoms with Gasteiger partial charge in [0.15, 0.2) is 0 Å². The van der Waals surface area contributed by atoms with Crippen LogP contribution in [0.4, 0.5) is 0 Å². The van der Waals surface area contributed by atoms with E-state index in [9.17, 15) is 0 Å². The van der Waals surface area contributed by atoms with E-state index in [0.717, 1.165) is 0 Å². The van der Waals surface area contributed by atoms with E-state index in [4.69, 9.17) is 0 Å². The van der Waals surface area contributed by atoms with E-state index in [1.165, 1.54) is 31.8 Å². The van der Waals surface area contributed by atoms with Crippen LogP contribution in [0.1, 0.15) is 0 Å². The van der Waals surface area contributed by atoms with Gasteiger partial charge in [0.05, 0.1) is 0 Å². The van der Waals surface area contributed by atoms with Crippen LogP contribution in [0.2, 0.25) is 0 Å². The second kappa shape index (κ2) is 14.2. The second-order valence-corrected chi connectivity index (χ2v) is 12.6. The first kappa shape index (κ1) is 27.2. The molecule has 0 saturated carbocycles. The van der Waals surface area contributed by atoms with Gasteiger partial charge in [0.25, 0.3) is 0 Å². The summed E-state index contributed by atoms with van der Waals surface area (Å²) < 4.78 is 0. The van der Waals surface area contributed by atoms with Crippen LogP contribution in [-0.4, -0.2) is 0 Å². The second-order valence-electron chi connectivity index (χ2n) is 8.27. The third kappa shape index (κ3) is 6.93. The van der Waals surface area contributed by atoms with E-state index in [-0.39, 0.29) is 21.7 Å². The van der Waals surface area contributed by atoms with E-state index in [2.05, 4.69) is 140 Å². The molecular weight excluding hydrogens is 518 g/mol. The predicted molar refractivity (Wildman–Crippen MR) is 161 cm³/mol. The maximum atomic E-state index is 2.35. The van der Waals surface area contributed by atoms with Gasteiger partial charge in [-0.15, -0.1) is 10.6 Å². The molecule has 6 rings (SSSR count). The Morgan fingerprint density at radius 3 is 1.14 bits per heavy atom. The summed E-state index contributed by atoms with van der Waals surface area (Å²) in [5.74, 6) is 0. The zero-order chi connectivity index (χ0) is 24.4. The van der Waals surface area contributed by atoms with Gasteiger partial charge in [0.1, 0.15) is 0 Å². The molecule has 0 atom stereocenters. The van der Waals surface area contributed by atoms with Crippen molar-refractivity contribution < 1.29 is 21.7 Å². The fraction of sp³-hybridized carbons (Fsp3) is 0. The maximum absolute atomic E-state index is 2.35. The average Bonchev–Trinajstić information content (AvgIpc) is 3.68. The van der Waals surface area contributed by atoms with Gasteiger partial charge in [-0.2, -0.15) is 6.07 Å². The summed E-state index contributed by atoms with van der Waals surface area (Å²) in [5.41, 5.74) is 0. The first-order valence-electron chi connectivity index (χ1n) is 12.1. The summed E-state index contributed by atoms with van der Waals surface area (Å²) >= 11 is 0. The third-order valence-corrected chi connectivity index (χ3v) is 11.0. The van der Waals surface area contributed by atoms with Gasteiger partial charge in [0, 0.05) is 21.7 Å². The molecular formula is C34H28P2Ti-6. The van der Waals surface area contributed by atoms with Crippen molar-refractivity contribution in [2.45, 2.75) is 0 Å². The molecule has 0 aliphatic heterocycles. The van der Waals surface area contributed by atoms with Crippen LogP contribution < -0.4 is 31.8 Å². The minimum Gasteiger partial charge on any atom is -0.748 e. The van der Waals surface area contributed by atoms with Crippen molar-refractivity contribution in [3.05, 3.63) is 170 Å². The van der Waals surface area contributed by atoms with Crippen molar-refractivity contribution >= 4 is 47.7 Å². The van der Waals surface area contributed by atoms with E-state index >= 15 is 0 Å². The molecule has 0 aliphatic rings. The van der Waals surface area contributed by atoms with Crippen LogP contribution in [0, 0.1) is 0 Å². The fourth-order valence-electron chi connectivity index (χ4n) is 4.26. The molecule has 6 aromatic carbocycles. The normalized spacial score (nSPS) is 10.4. The molecule has 0 aliphatic carbocycles. The van der Waals surface area contributed by atoms with Crippen molar-refractivity contribution in [2.24, 2.45) is 0 Å². The minimum absolute atomic E-state index is 0. The van der Waals surface area contributed by atoms with Crippen molar-refractivity contribution in [1.29, 1.82) is 0 Å². The fourth-order valence-corrected chi connectivity index (χ4v) is 9.53. The Hall–Kier alpha value is -2.85. The molecule has 0 amide bonds. The smallest absolute Gasteiger partial charge is 0 e. The topological polar surface area (TPSA) is 0 Å². The van der Waals surface area contributed by atoms with Crippen LogP contribution in [0.5, 0.6) is 0 Å². The largest absolute Gasteiger partial charge is 0.748 e. The number of hydrogen-bond acceptors (Lipinski definition) is 0. The van der Waals surface area contributed by atoms with Crippen LogP contribution in [0.25, 0.3) is 0 Å². The zero-order valence-corrected chi connectivity index (χ0v) is 23.9. The molecule has 0 radical (unpaired) electrons. The van der Waals surface area contributed by atoms with Gasteiger partial charge < -0.3 is 30.3 Å².